The Labute approximate surface area is 118 Å². The molecule has 4 heteroatoms. The Morgan fingerprint density at radius 2 is 1.90 bits per heavy atom. The first kappa shape index (κ1) is 13.1. The van der Waals surface area contributed by atoms with Crippen LogP contribution in [-0.4, -0.2) is 48.5 Å². The van der Waals surface area contributed by atoms with Crippen molar-refractivity contribution in [1.29, 1.82) is 0 Å². The molecule has 2 N–H and O–H groups in total. The molecule has 104 valence electrons. The van der Waals surface area contributed by atoms with Crippen LogP contribution in [0.1, 0.15) is 10.4 Å². The van der Waals surface area contributed by atoms with E-state index in [1.807, 2.05) is 30.3 Å². The van der Waals surface area contributed by atoms with E-state index in [1.54, 1.807) is 6.07 Å². The molecule has 2 aromatic carbocycles. The molecule has 1 saturated heterocycles. The van der Waals surface area contributed by atoms with E-state index < -0.39 is 0 Å². The maximum Gasteiger partial charge on any atom is 0.181 e. The highest BCUT2D eigenvalue weighted by Crippen LogP contribution is 2.27. The number of phenolic OH excluding ortho intramolecular Hbond substituents is 1. The van der Waals surface area contributed by atoms with Gasteiger partial charge in [-0.1, -0.05) is 30.3 Å². The molecule has 3 rings (SSSR count). The molecule has 0 radical (unpaired) electrons. The number of carbonyl (C=O) groups excluding carboxylic acids is 1. The van der Waals surface area contributed by atoms with Crippen molar-refractivity contribution in [3.8, 4) is 5.75 Å². The number of nitrogens with zero attached hydrogens (tertiary/aromatic N) is 1. The summed E-state index contributed by atoms with van der Waals surface area (Å²) >= 11 is 0. The number of nitrogens with one attached hydrogen (secondary N) is 1. The van der Waals surface area contributed by atoms with Crippen molar-refractivity contribution in [2.24, 2.45) is 0 Å². The fraction of sp³-hybridized carbons (Fsp3) is 0.312. The minimum absolute atomic E-state index is 0.0128. The number of rotatable bonds is 3. The van der Waals surface area contributed by atoms with E-state index in [2.05, 4.69) is 10.2 Å². The van der Waals surface area contributed by atoms with Gasteiger partial charge in [0.2, 0.25) is 0 Å². The lowest BCUT2D eigenvalue weighted by molar-refractivity contribution is 0.0920. The summed E-state index contributed by atoms with van der Waals surface area (Å²) in [6.45, 7) is 3.93. The highest BCUT2D eigenvalue weighted by Gasteiger charge is 2.19. The molecule has 4 nitrogen and oxygen atoms in total. The van der Waals surface area contributed by atoms with Crippen molar-refractivity contribution in [3.05, 3.63) is 42.0 Å². The summed E-state index contributed by atoms with van der Waals surface area (Å²) in [7, 11) is 0. The maximum absolute atomic E-state index is 12.5. The number of phenols is 1. The molecule has 0 aromatic heterocycles. The third-order valence-corrected chi connectivity index (χ3v) is 3.76. The predicted molar refractivity (Wildman–Crippen MR) is 79.3 cm³/mol. The first-order valence-corrected chi connectivity index (χ1v) is 6.93. The molecule has 1 aliphatic rings. The molecule has 0 atom stereocenters. The number of fused-ring (bicyclic) bond motifs is 1. The zero-order chi connectivity index (χ0) is 13.9. The van der Waals surface area contributed by atoms with Crippen LogP contribution in [0, 0.1) is 0 Å². The molecule has 0 aliphatic carbocycles. The number of benzene rings is 2. The van der Waals surface area contributed by atoms with Gasteiger partial charge in [-0.3, -0.25) is 9.69 Å². The quantitative estimate of drug-likeness (QED) is 0.832. The maximum atomic E-state index is 12.5. The van der Waals surface area contributed by atoms with Crippen molar-refractivity contribution in [1.82, 2.24) is 10.2 Å². The monoisotopic (exact) mass is 270 g/mol. The minimum atomic E-state index is -0.0128. The average molecular weight is 270 g/mol. The Balaban J connectivity index is 1.92. The van der Waals surface area contributed by atoms with Crippen LogP contribution in [0.3, 0.4) is 0 Å². The fourth-order valence-electron chi connectivity index (χ4n) is 2.70. The molecule has 0 spiro atoms. The molecular weight excluding hydrogens is 252 g/mol. The Bertz CT molecular complexity index is 633. The average Bonchev–Trinajstić information content (AvgIpc) is 2.48. The zero-order valence-electron chi connectivity index (χ0n) is 11.3. The fourth-order valence-corrected chi connectivity index (χ4v) is 2.70. The van der Waals surface area contributed by atoms with E-state index in [-0.39, 0.29) is 11.5 Å². The van der Waals surface area contributed by atoms with Crippen molar-refractivity contribution < 1.29 is 9.90 Å². The van der Waals surface area contributed by atoms with Gasteiger partial charge >= 0.3 is 0 Å². The van der Waals surface area contributed by atoms with Crippen LogP contribution in [0.2, 0.25) is 0 Å². The van der Waals surface area contributed by atoms with Crippen LogP contribution < -0.4 is 5.32 Å². The second-order valence-corrected chi connectivity index (χ2v) is 5.13. The van der Waals surface area contributed by atoms with Gasteiger partial charge in [-0.05, 0) is 16.8 Å². The van der Waals surface area contributed by atoms with Crippen molar-refractivity contribution >= 4 is 16.6 Å². The third-order valence-electron chi connectivity index (χ3n) is 3.76. The van der Waals surface area contributed by atoms with E-state index in [4.69, 9.17) is 0 Å². The normalized spacial score (nSPS) is 16.4. The first-order valence-electron chi connectivity index (χ1n) is 6.93. The van der Waals surface area contributed by atoms with Gasteiger partial charge in [0.1, 0.15) is 5.75 Å². The Morgan fingerprint density at radius 3 is 2.70 bits per heavy atom. The third kappa shape index (κ3) is 2.53. The van der Waals surface area contributed by atoms with Crippen LogP contribution in [0.25, 0.3) is 10.8 Å². The van der Waals surface area contributed by atoms with Gasteiger partial charge in [-0.2, -0.15) is 0 Å². The van der Waals surface area contributed by atoms with Crippen LogP contribution in [0.15, 0.2) is 36.4 Å². The number of carbonyl (C=O) groups is 1. The van der Waals surface area contributed by atoms with E-state index in [9.17, 15) is 9.90 Å². The SMILES string of the molecule is O=C(CN1CCNCC1)c1c(O)ccc2ccccc12. The van der Waals surface area contributed by atoms with Crippen molar-refractivity contribution in [3.63, 3.8) is 0 Å². The van der Waals surface area contributed by atoms with Gasteiger partial charge in [0, 0.05) is 26.2 Å². The van der Waals surface area contributed by atoms with Crippen LogP contribution >= 0.6 is 0 Å². The summed E-state index contributed by atoms with van der Waals surface area (Å²) in [5.74, 6) is 0.0602. The number of hydrogen-bond acceptors (Lipinski definition) is 4. The number of piperazine rings is 1. The van der Waals surface area contributed by atoms with Crippen LogP contribution in [0.5, 0.6) is 5.75 Å². The zero-order valence-corrected chi connectivity index (χ0v) is 11.3. The predicted octanol–water partition coefficient (Wildman–Crippen LogP) is 1.63. The van der Waals surface area contributed by atoms with Gasteiger partial charge in [0.15, 0.2) is 5.78 Å². The molecule has 1 heterocycles. The summed E-state index contributed by atoms with van der Waals surface area (Å²) in [6.07, 6.45) is 0. The number of ketones is 1. The molecular formula is C16H18N2O2. The van der Waals surface area contributed by atoms with E-state index in [1.165, 1.54) is 0 Å². The highest BCUT2D eigenvalue weighted by atomic mass is 16.3. The van der Waals surface area contributed by atoms with E-state index >= 15 is 0 Å². The van der Waals surface area contributed by atoms with E-state index in [0.717, 1.165) is 37.0 Å². The summed E-state index contributed by atoms with van der Waals surface area (Å²) in [5, 5.41) is 15.1. The molecule has 2 aromatic rings. The van der Waals surface area contributed by atoms with Crippen LogP contribution in [0.4, 0.5) is 0 Å². The lowest BCUT2D eigenvalue weighted by atomic mass is 10.00. The van der Waals surface area contributed by atoms with Gasteiger partial charge in [-0.15, -0.1) is 0 Å². The standard InChI is InChI=1S/C16H18N2O2/c19-14-6-5-12-3-1-2-4-13(12)16(14)15(20)11-18-9-7-17-8-10-18/h1-6,17,19H,7-11H2. The Hall–Kier alpha value is -1.91. The van der Waals surface area contributed by atoms with Gasteiger partial charge < -0.3 is 10.4 Å². The summed E-state index contributed by atoms with van der Waals surface area (Å²) in [5.41, 5.74) is 0.446. The van der Waals surface area contributed by atoms with E-state index in [0.29, 0.717) is 12.1 Å². The molecule has 0 bridgehead atoms. The molecule has 0 amide bonds. The molecule has 0 saturated carbocycles. The smallest absolute Gasteiger partial charge is 0.181 e. The lowest BCUT2D eigenvalue weighted by Gasteiger charge is -2.26. The summed E-state index contributed by atoms with van der Waals surface area (Å²) in [6, 6.07) is 11.1. The number of aromatic hydroxyl groups is 1. The summed E-state index contributed by atoms with van der Waals surface area (Å²) in [4.78, 5) is 14.7. The Morgan fingerprint density at radius 1 is 1.15 bits per heavy atom. The van der Waals surface area contributed by atoms with Crippen LogP contribution in [-0.2, 0) is 0 Å². The van der Waals surface area contributed by atoms with Gasteiger partial charge in [-0.25, -0.2) is 0 Å². The topological polar surface area (TPSA) is 52.6 Å². The first-order chi connectivity index (χ1) is 9.75. The minimum Gasteiger partial charge on any atom is -0.507 e. The van der Waals surface area contributed by atoms with Gasteiger partial charge in [0.05, 0.1) is 12.1 Å². The van der Waals surface area contributed by atoms with Crippen molar-refractivity contribution in [2.75, 3.05) is 32.7 Å². The summed E-state index contributed by atoms with van der Waals surface area (Å²) < 4.78 is 0. The molecule has 1 aliphatic heterocycles. The largest absolute Gasteiger partial charge is 0.507 e. The molecule has 1 fully saturated rings. The number of Topliss-reactive ketones (excluding diaryl/α,β-unsaturated/α-hetero) is 1. The second-order valence-electron chi connectivity index (χ2n) is 5.13. The highest BCUT2D eigenvalue weighted by molar-refractivity contribution is 6.11. The lowest BCUT2D eigenvalue weighted by Crippen LogP contribution is -2.45. The Kier molecular flexibility index (Phi) is 3.67. The second kappa shape index (κ2) is 5.61. The number of hydrogen-bond donors (Lipinski definition) is 2. The van der Waals surface area contributed by atoms with Gasteiger partial charge in [0.25, 0.3) is 0 Å². The van der Waals surface area contributed by atoms with Crippen molar-refractivity contribution in [2.45, 2.75) is 0 Å². The molecule has 0 unspecified atom stereocenters. The molecule has 20 heavy (non-hydrogen) atoms.